The lowest BCUT2D eigenvalue weighted by atomic mass is 9.99. The number of nitrogens with zero attached hydrogens (tertiary/aromatic N) is 2. The van der Waals surface area contributed by atoms with Crippen molar-refractivity contribution in [3.8, 4) is 0 Å². The van der Waals surface area contributed by atoms with Gasteiger partial charge in [0.25, 0.3) is 0 Å². The summed E-state index contributed by atoms with van der Waals surface area (Å²) in [6.45, 7) is 5.21. The summed E-state index contributed by atoms with van der Waals surface area (Å²) < 4.78 is 24.3. The van der Waals surface area contributed by atoms with Crippen LogP contribution in [0.15, 0.2) is 18.2 Å². The maximum Gasteiger partial charge on any atom is 0.223 e. The fourth-order valence-electron chi connectivity index (χ4n) is 2.82. The van der Waals surface area contributed by atoms with E-state index in [0.717, 1.165) is 11.1 Å². The van der Waals surface area contributed by atoms with E-state index in [9.17, 15) is 18.0 Å². The molecule has 0 radical (unpaired) electrons. The van der Waals surface area contributed by atoms with Gasteiger partial charge in [-0.2, -0.15) is 4.31 Å². The summed E-state index contributed by atoms with van der Waals surface area (Å²) in [6, 6.07) is 5.72. The van der Waals surface area contributed by atoms with Gasteiger partial charge in [0.15, 0.2) is 5.78 Å². The predicted molar refractivity (Wildman–Crippen MR) is 92.5 cm³/mol. The zero-order chi connectivity index (χ0) is 17.9. The maximum absolute atomic E-state index is 12.3. The Morgan fingerprint density at radius 1 is 1.04 bits per heavy atom. The summed E-state index contributed by atoms with van der Waals surface area (Å²) in [5.41, 5.74) is 2.61. The van der Waals surface area contributed by atoms with Crippen LogP contribution in [0.4, 0.5) is 0 Å². The predicted octanol–water partition coefficient (Wildman–Crippen LogP) is 1.37. The lowest BCUT2D eigenvalue weighted by Crippen LogP contribution is -2.50. The minimum absolute atomic E-state index is 0.0284. The van der Waals surface area contributed by atoms with E-state index in [2.05, 4.69) is 0 Å². The van der Waals surface area contributed by atoms with Gasteiger partial charge in [0.1, 0.15) is 0 Å². The van der Waals surface area contributed by atoms with Crippen molar-refractivity contribution in [1.82, 2.24) is 9.21 Å². The normalized spacial score (nSPS) is 16.2. The SMILES string of the molecule is Cc1ccc(C)c(C(=O)CCC(=O)N2CCN(S(C)(=O)=O)CC2)c1. The number of carbonyl (C=O) groups is 2. The van der Waals surface area contributed by atoms with Gasteiger partial charge >= 0.3 is 0 Å². The van der Waals surface area contributed by atoms with Gasteiger partial charge in [-0.3, -0.25) is 9.59 Å². The van der Waals surface area contributed by atoms with Crippen LogP contribution in [0.5, 0.6) is 0 Å². The van der Waals surface area contributed by atoms with E-state index in [4.69, 9.17) is 0 Å². The zero-order valence-electron chi connectivity index (χ0n) is 14.4. The van der Waals surface area contributed by atoms with Crippen molar-refractivity contribution in [3.63, 3.8) is 0 Å². The molecule has 24 heavy (non-hydrogen) atoms. The number of hydrogen-bond acceptors (Lipinski definition) is 4. The highest BCUT2D eigenvalue weighted by Crippen LogP contribution is 2.15. The fraction of sp³-hybridized carbons (Fsp3) is 0.529. The molecule has 7 heteroatoms. The summed E-state index contributed by atoms with van der Waals surface area (Å²) in [7, 11) is -3.20. The number of sulfonamides is 1. The molecule has 0 N–H and O–H groups in total. The van der Waals surface area contributed by atoms with Crippen LogP contribution in [0.1, 0.15) is 34.3 Å². The lowest BCUT2D eigenvalue weighted by Gasteiger charge is -2.33. The second-order valence-corrected chi connectivity index (χ2v) is 8.27. The average Bonchev–Trinajstić information content (AvgIpc) is 2.53. The first kappa shape index (κ1) is 18.6. The highest BCUT2D eigenvalue weighted by molar-refractivity contribution is 7.88. The Morgan fingerprint density at radius 3 is 2.25 bits per heavy atom. The number of Topliss-reactive ketones (excluding diaryl/α,β-unsaturated/α-hetero) is 1. The highest BCUT2D eigenvalue weighted by atomic mass is 32.2. The quantitative estimate of drug-likeness (QED) is 0.750. The molecule has 1 aromatic rings. The van der Waals surface area contributed by atoms with Crippen molar-refractivity contribution in [2.75, 3.05) is 32.4 Å². The Bertz CT molecular complexity index is 735. The molecular weight excluding hydrogens is 328 g/mol. The number of ketones is 1. The third-order valence-corrected chi connectivity index (χ3v) is 5.62. The van der Waals surface area contributed by atoms with Gasteiger partial charge in [-0.15, -0.1) is 0 Å². The van der Waals surface area contributed by atoms with Crippen molar-refractivity contribution < 1.29 is 18.0 Å². The van der Waals surface area contributed by atoms with E-state index < -0.39 is 10.0 Å². The van der Waals surface area contributed by atoms with Crippen LogP contribution < -0.4 is 0 Å². The number of amides is 1. The van der Waals surface area contributed by atoms with Crippen LogP contribution in [-0.2, 0) is 14.8 Å². The minimum atomic E-state index is -3.20. The molecule has 132 valence electrons. The Kier molecular flexibility index (Phi) is 5.77. The Hall–Kier alpha value is -1.73. The number of benzene rings is 1. The Labute approximate surface area is 143 Å². The molecule has 1 aromatic carbocycles. The number of piperazine rings is 1. The van der Waals surface area contributed by atoms with Gasteiger partial charge in [-0.05, 0) is 25.5 Å². The summed E-state index contributed by atoms with van der Waals surface area (Å²) >= 11 is 0. The highest BCUT2D eigenvalue weighted by Gasteiger charge is 2.26. The first-order valence-electron chi connectivity index (χ1n) is 8.02. The van der Waals surface area contributed by atoms with E-state index >= 15 is 0 Å². The van der Waals surface area contributed by atoms with Gasteiger partial charge in [-0.25, -0.2) is 8.42 Å². The summed E-state index contributed by atoms with van der Waals surface area (Å²) in [4.78, 5) is 26.2. The summed E-state index contributed by atoms with van der Waals surface area (Å²) in [5.74, 6) is -0.124. The molecule has 1 fully saturated rings. The molecule has 0 saturated carbocycles. The van der Waals surface area contributed by atoms with Crippen molar-refractivity contribution in [2.45, 2.75) is 26.7 Å². The largest absolute Gasteiger partial charge is 0.340 e. The van der Waals surface area contributed by atoms with Gasteiger partial charge in [0.05, 0.1) is 6.26 Å². The van der Waals surface area contributed by atoms with Crippen LogP contribution in [-0.4, -0.2) is 61.7 Å². The van der Waals surface area contributed by atoms with Crippen LogP contribution in [0, 0.1) is 13.8 Å². The lowest BCUT2D eigenvalue weighted by molar-refractivity contribution is -0.132. The maximum atomic E-state index is 12.3. The number of aryl methyl sites for hydroxylation is 2. The topological polar surface area (TPSA) is 74.8 Å². The van der Waals surface area contributed by atoms with Crippen LogP contribution in [0.2, 0.25) is 0 Å². The smallest absolute Gasteiger partial charge is 0.223 e. The molecule has 1 heterocycles. The van der Waals surface area contributed by atoms with Gasteiger partial charge in [0, 0.05) is 44.6 Å². The molecule has 1 aliphatic heterocycles. The van der Waals surface area contributed by atoms with E-state index in [1.165, 1.54) is 10.6 Å². The van der Waals surface area contributed by atoms with Gasteiger partial charge < -0.3 is 4.90 Å². The van der Waals surface area contributed by atoms with Crippen molar-refractivity contribution >= 4 is 21.7 Å². The number of rotatable bonds is 5. The first-order valence-corrected chi connectivity index (χ1v) is 9.86. The van der Waals surface area contributed by atoms with E-state index in [-0.39, 0.29) is 24.5 Å². The fourth-order valence-corrected chi connectivity index (χ4v) is 3.65. The van der Waals surface area contributed by atoms with Crippen LogP contribution >= 0.6 is 0 Å². The standard InChI is InChI=1S/C17H24N2O4S/c1-13-4-5-14(2)15(12-13)16(20)6-7-17(21)18-8-10-19(11-9-18)24(3,22)23/h4-5,12H,6-11H2,1-3H3. The molecule has 0 atom stereocenters. The molecule has 0 spiro atoms. The van der Waals surface area contributed by atoms with Crippen molar-refractivity contribution in [3.05, 3.63) is 34.9 Å². The third kappa shape index (κ3) is 4.64. The van der Waals surface area contributed by atoms with Crippen LogP contribution in [0.3, 0.4) is 0 Å². The molecule has 1 amide bonds. The third-order valence-electron chi connectivity index (χ3n) is 4.32. The first-order chi connectivity index (χ1) is 11.2. The van der Waals surface area contributed by atoms with Crippen LogP contribution in [0.25, 0.3) is 0 Å². The van der Waals surface area contributed by atoms with E-state index in [0.29, 0.717) is 31.7 Å². The molecule has 1 aliphatic rings. The second kappa shape index (κ2) is 7.44. The van der Waals surface area contributed by atoms with E-state index in [1.54, 1.807) is 4.90 Å². The molecule has 0 unspecified atom stereocenters. The number of carbonyl (C=O) groups excluding carboxylic acids is 2. The molecule has 2 rings (SSSR count). The monoisotopic (exact) mass is 352 g/mol. The van der Waals surface area contributed by atoms with Gasteiger partial charge in [-0.1, -0.05) is 17.7 Å². The summed E-state index contributed by atoms with van der Waals surface area (Å²) in [5, 5.41) is 0. The molecule has 0 aromatic heterocycles. The summed E-state index contributed by atoms with van der Waals surface area (Å²) in [6.07, 6.45) is 1.51. The zero-order valence-corrected chi connectivity index (χ0v) is 15.2. The minimum Gasteiger partial charge on any atom is -0.340 e. The molecular formula is C17H24N2O4S. The van der Waals surface area contributed by atoms with E-state index in [1.807, 2.05) is 32.0 Å². The average molecular weight is 352 g/mol. The number of hydrogen-bond donors (Lipinski definition) is 0. The Balaban J connectivity index is 1.88. The molecule has 1 saturated heterocycles. The van der Waals surface area contributed by atoms with Crippen molar-refractivity contribution in [1.29, 1.82) is 0 Å². The Morgan fingerprint density at radius 2 is 1.67 bits per heavy atom. The molecule has 0 aliphatic carbocycles. The molecule has 0 bridgehead atoms. The van der Waals surface area contributed by atoms with Crippen molar-refractivity contribution in [2.24, 2.45) is 0 Å². The molecule has 6 nitrogen and oxygen atoms in total. The second-order valence-electron chi connectivity index (χ2n) is 6.28. The van der Waals surface area contributed by atoms with Gasteiger partial charge in [0.2, 0.25) is 15.9 Å².